The van der Waals surface area contributed by atoms with E-state index >= 15 is 0 Å². The molecule has 0 radical (unpaired) electrons. The van der Waals surface area contributed by atoms with Crippen molar-refractivity contribution in [3.05, 3.63) is 47.9 Å². The van der Waals surface area contributed by atoms with Gasteiger partial charge in [-0.05, 0) is 17.7 Å². The van der Waals surface area contributed by atoms with Crippen LogP contribution in [0.15, 0.2) is 36.7 Å². The number of rotatable bonds is 2. The lowest BCUT2D eigenvalue weighted by atomic mass is 10.1. The molecule has 1 N–H and O–H groups in total. The van der Waals surface area contributed by atoms with Crippen molar-refractivity contribution in [3.8, 4) is 5.75 Å². The van der Waals surface area contributed by atoms with Crippen LogP contribution in [0.25, 0.3) is 0 Å². The molecular weight excluding hydrogens is 214 g/mol. The van der Waals surface area contributed by atoms with Gasteiger partial charge in [0.1, 0.15) is 11.6 Å². The van der Waals surface area contributed by atoms with Gasteiger partial charge in [0.25, 0.3) is 0 Å². The molecule has 0 spiro atoms. The molecule has 0 saturated carbocycles. The predicted molar refractivity (Wildman–Crippen MR) is 65.1 cm³/mol. The zero-order chi connectivity index (χ0) is 11.7. The normalized spacial score (nSPS) is 17.4. The summed E-state index contributed by atoms with van der Waals surface area (Å²) >= 11 is 0. The number of benzene rings is 1. The predicted octanol–water partition coefficient (Wildman–Crippen LogP) is 2.19. The van der Waals surface area contributed by atoms with Gasteiger partial charge in [-0.3, -0.25) is 4.98 Å². The van der Waals surface area contributed by atoms with Gasteiger partial charge >= 0.3 is 0 Å². The summed E-state index contributed by atoms with van der Waals surface area (Å²) in [6.45, 7) is 0. The number of nitrogens with one attached hydrogen (secondary N) is 1. The van der Waals surface area contributed by atoms with Gasteiger partial charge in [-0.25, -0.2) is 4.98 Å². The van der Waals surface area contributed by atoms with E-state index in [-0.39, 0.29) is 6.04 Å². The number of hydrogen-bond acceptors (Lipinski definition) is 4. The van der Waals surface area contributed by atoms with E-state index in [0.717, 1.165) is 23.7 Å². The topological polar surface area (TPSA) is 47.0 Å². The van der Waals surface area contributed by atoms with E-state index in [9.17, 15) is 0 Å². The van der Waals surface area contributed by atoms with Crippen LogP contribution in [0, 0.1) is 0 Å². The first-order valence-corrected chi connectivity index (χ1v) is 5.57. The molecule has 4 heteroatoms. The molecule has 2 heterocycles. The van der Waals surface area contributed by atoms with Crippen LogP contribution in [-0.2, 0) is 6.42 Å². The minimum Gasteiger partial charge on any atom is -0.497 e. The Balaban J connectivity index is 1.83. The Morgan fingerprint density at radius 2 is 1.94 bits per heavy atom. The summed E-state index contributed by atoms with van der Waals surface area (Å²) in [7, 11) is 1.67. The molecule has 17 heavy (non-hydrogen) atoms. The van der Waals surface area contributed by atoms with Crippen LogP contribution in [0.1, 0.15) is 17.3 Å². The average Bonchev–Trinajstić information content (AvgIpc) is 2.82. The summed E-state index contributed by atoms with van der Waals surface area (Å²) in [5, 5.41) is 3.37. The summed E-state index contributed by atoms with van der Waals surface area (Å²) in [5.41, 5.74) is 2.26. The molecule has 1 aliphatic heterocycles. The molecule has 1 aromatic heterocycles. The second-order valence-electron chi connectivity index (χ2n) is 4.03. The molecule has 1 atom stereocenters. The molecule has 86 valence electrons. The van der Waals surface area contributed by atoms with Crippen molar-refractivity contribution in [2.45, 2.75) is 12.5 Å². The molecule has 0 amide bonds. The van der Waals surface area contributed by atoms with Crippen molar-refractivity contribution < 1.29 is 4.74 Å². The summed E-state index contributed by atoms with van der Waals surface area (Å²) in [5.74, 6) is 1.77. The lowest BCUT2D eigenvalue weighted by Gasteiger charge is -2.11. The van der Waals surface area contributed by atoms with E-state index in [4.69, 9.17) is 4.74 Å². The van der Waals surface area contributed by atoms with E-state index in [1.54, 1.807) is 19.5 Å². The summed E-state index contributed by atoms with van der Waals surface area (Å²) < 4.78 is 5.15. The minimum atomic E-state index is 0.262. The van der Waals surface area contributed by atoms with Crippen LogP contribution < -0.4 is 10.1 Å². The minimum absolute atomic E-state index is 0.262. The van der Waals surface area contributed by atoms with Gasteiger partial charge < -0.3 is 10.1 Å². The Morgan fingerprint density at radius 1 is 1.18 bits per heavy atom. The van der Waals surface area contributed by atoms with E-state index in [1.165, 1.54) is 5.56 Å². The maximum Gasteiger partial charge on any atom is 0.148 e. The second kappa shape index (κ2) is 4.05. The lowest BCUT2D eigenvalue weighted by Crippen LogP contribution is -2.05. The highest BCUT2D eigenvalue weighted by atomic mass is 16.5. The summed E-state index contributed by atoms with van der Waals surface area (Å²) in [6, 6.07) is 8.35. The number of aromatic nitrogens is 2. The van der Waals surface area contributed by atoms with Crippen molar-refractivity contribution in [2.75, 3.05) is 12.4 Å². The number of anilines is 1. The van der Waals surface area contributed by atoms with Crippen molar-refractivity contribution >= 4 is 5.82 Å². The fourth-order valence-corrected chi connectivity index (χ4v) is 2.08. The Bertz CT molecular complexity index is 499. The Labute approximate surface area is 99.7 Å². The van der Waals surface area contributed by atoms with Crippen molar-refractivity contribution in [1.29, 1.82) is 0 Å². The Morgan fingerprint density at radius 3 is 2.65 bits per heavy atom. The highest BCUT2D eigenvalue weighted by Crippen LogP contribution is 2.31. The van der Waals surface area contributed by atoms with Gasteiger partial charge in [-0.1, -0.05) is 12.1 Å². The molecule has 1 aliphatic rings. The smallest absolute Gasteiger partial charge is 0.148 e. The van der Waals surface area contributed by atoms with E-state index < -0.39 is 0 Å². The van der Waals surface area contributed by atoms with E-state index in [1.807, 2.05) is 12.1 Å². The zero-order valence-electron chi connectivity index (χ0n) is 9.55. The fourth-order valence-electron chi connectivity index (χ4n) is 2.08. The largest absolute Gasteiger partial charge is 0.497 e. The van der Waals surface area contributed by atoms with Gasteiger partial charge in [0.05, 0.1) is 18.8 Å². The van der Waals surface area contributed by atoms with E-state index in [2.05, 4.69) is 27.4 Å². The zero-order valence-corrected chi connectivity index (χ0v) is 9.55. The number of fused-ring (bicyclic) bond motifs is 1. The third kappa shape index (κ3) is 1.82. The van der Waals surface area contributed by atoms with Crippen LogP contribution in [0.4, 0.5) is 5.82 Å². The molecule has 4 nitrogen and oxygen atoms in total. The highest BCUT2D eigenvalue weighted by Gasteiger charge is 2.23. The standard InChI is InChI=1S/C13H13N3O/c1-17-10-4-2-9(3-5-10)11-8-12-13(16-11)15-7-6-14-12/h2-7,11H,8H2,1H3,(H,15,16). The number of nitrogens with zero attached hydrogens (tertiary/aromatic N) is 2. The summed E-state index contributed by atoms with van der Waals surface area (Å²) in [4.78, 5) is 8.59. The van der Waals surface area contributed by atoms with Gasteiger partial charge in [0, 0.05) is 18.8 Å². The summed E-state index contributed by atoms with van der Waals surface area (Å²) in [6.07, 6.45) is 4.33. The van der Waals surface area contributed by atoms with Crippen molar-refractivity contribution in [1.82, 2.24) is 9.97 Å². The molecular formula is C13H13N3O. The second-order valence-corrected chi connectivity index (χ2v) is 4.03. The number of methoxy groups -OCH3 is 1. The lowest BCUT2D eigenvalue weighted by molar-refractivity contribution is 0.414. The third-order valence-electron chi connectivity index (χ3n) is 3.00. The first kappa shape index (κ1) is 10.1. The molecule has 0 aliphatic carbocycles. The maximum absolute atomic E-state index is 5.15. The Kier molecular flexibility index (Phi) is 2.40. The third-order valence-corrected chi connectivity index (χ3v) is 3.00. The highest BCUT2D eigenvalue weighted by molar-refractivity contribution is 5.49. The molecule has 0 fully saturated rings. The molecule has 1 unspecified atom stereocenters. The maximum atomic E-state index is 5.15. The number of ether oxygens (including phenoxy) is 1. The van der Waals surface area contributed by atoms with Gasteiger partial charge in [-0.15, -0.1) is 0 Å². The van der Waals surface area contributed by atoms with Gasteiger partial charge in [-0.2, -0.15) is 0 Å². The average molecular weight is 227 g/mol. The molecule has 0 saturated heterocycles. The quantitative estimate of drug-likeness (QED) is 0.854. The van der Waals surface area contributed by atoms with Gasteiger partial charge in [0.2, 0.25) is 0 Å². The van der Waals surface area contributed by atoms with Gasteiger partial charge in [0.15, 0.2) is 0 Å². The molecule has 2 aromatic rings. The Hall–Kier alpha value is -2.10. The fraction of sp³-hybridized carbons (Fsp3) is 0.231. The monoisotopic (exact) mass is 227 g/mol. The first-order valence-electron chi connectivity index (χ1n) is 5.57. The van der Waals surface area contributed by atoms with Crippen LogP contribution >= 0.6 is 0 Å². The first-order chi connectivity index (χ1) is 8.36. The SMILES string of the molecule is COc1ccc(C2Cc3nccnc3N2)cc1. The molecule has 3 rings (SSSR count). The van der Waals surface area contributed by atoms with Crippen molar-refractivity contribution in [3.63, 3.8) is 0 Å². The van der Waals surface area contributed by atoms with Crippen LogP contribution in [0.2, 0.25) is 0 Å². The van der Waals surface area contributed by atoms with E-state index in [0.29, 0.717) is 0 Å². The van der Waals surface area contributed by atoms with Crippen LogP contribution in [-0.4, -0.2) is 17.1 Å². The van der Waals surface area contributed by atoms with Crippen LogP contribution in [0.3, 0.4) is 0 Å². The molecule has 1 aromatic carbocycles. The molecule has 0 bridgehead atoms. The van der Waals surface area contributed by atoms with Crippen molar-refractivity contribution in [2.24, 2.45) is 0 Å². The number of hydrogen-bond donors (Lipinski definition) is 1. The van der Waals surface area contributed by atoms with Crippen LogP contribution in [0.5, 0.6) is 5.75 Å².